The lowest BCUT2D eigenvalue weighted by Gasteiger charge is -2.33. The minimum Gasteiger partial charge on any atom is -0.395 e. The van der Waals surface area contributed by atoms with Crippen LogP contribution >= 0.6 is 7.92 Å². The number of aliphatic hydroxyl groups is 1. The molecule has 0 saturated carbocycles. The molecule has 25 heavy (non-hydrogen) atoms. The fourth-order valence-electron chi connectivity index (χ4n) is 3.35. The summed E-state index contributed by atoms with van der Waals surface area (Å²) in [6.07, 6.45) is 6.82. The van der Waals surface area contributed by atoms with Crippen LogP contribution < -0.4 is 10.6 Å². The molecule has 0 bridgehead atoms. The lowest BCUT2D eigenvalue weighted by molar-refractivity contribution is 0.174. The van der Waals surface area contributed by atoms with Gasteiger partial charge in [-0.15, -0.1) is 0 Å². The Morgan fingerprint density at radius 2 is 1.56 bits per heavy atom. The Hall–Kier alpha value is -1.73. The molecule has 130 valence electrons. The molecule has 0 saturated heterocycles. The first kappa shape index (κ1) is 18.1. The molecule has 1 N–H and O–H groups in total. The highest BCUT2D eigenvalue weighted by Gasteiger charge is 2.30. The second-order valence-electron chi connectivity index (χ2n) is 6.45. The smallest absolute Gasteiger partial charge is 0.0558 e. The Balaban J connectivity index is 1.96. The molecular weight excluding hydrogens is 325 g/mol. The fourth-order valence-corrected chi connectivity index (χ4v) is 6.02. The molecule has 1 aliphatic rings. The highest BCUT2D eigenvalue weighted by Crippen LogP contribution is 2.50. The predicted octanol–water partition coefficient (Wildman–Crippen LogP) is 3.50. The molecule has 2 aromatic rings. The number of hydrogen-bond donors (Lipinski definition) is 1. The van der Waals surface area contributed by atoms with Gasteiger partial charge in [0.15, 0.2) is 0 Å². The van der Waals surface area contributed by atoms with Gasteiger partial charge in [-0.3, -0.25) is 0 Å². The number of hydrogen-bond acceptors (Lipinski definition) is 2. The maximum atomic E-state index is 9.29. The number of aliphatic hydroxyl groups excluding tert-OH is 1. The number of likely N-dealkylation sites (N-methyl/N-ethyl adjacent to an activating group) is 1. The Labute approximate surface area is 152 Å². The van der Waals surface area contributed by atoms with Crippen LogP contribution in [0.5, 0.6) is 0 Å². The average Bonchev–Trinajstić information content (AvgIpc) is 3.12. The van der Waals surface area contributed by atoms with Crippen molar-refractivity contribution in [2.24, 2.45) is 5.92 Å². The molecule has 2 aromatic carbocycles. The largest absolute Gasteiger partial charge is 0.395 e. The summed E-state index contributed by atoms with van der Waals surface area (Å²) in [5.74, 6) is 0.378. The monoisotopic (exact) mass is 351 g/mol. The summed E-state index contributed by atoms with van der Waals surface area (Å²) in [5, 5.41) is 13.6. The molecule has 3 heteroatoms. The van der Waals surface area contributed by atoms with Crippen LogP contribution in [0.25, 0.3) is 0 Å². The van der Waals surface area contributed by atoms with E-state index in [0.717, 1.165) is 0 Å². The van der Waals surface area contributed by atoms with E-state index >= 15 is 0 Å². The Morgan fingerprint density at radius 3 is 2.08 bits per heavy atom. The Kier molecular flexibility index (Phi) is 6.20. The lowest BCUT2D eigenvalue weighted by atomic mass is 10.0. The highest BCUT2D eigenvalue weighted by atomic mass is 31.1. The van der Waals surface area contributed by atoms with Crippen LogP contribution in [0.4, 0.5) is 0 Å². The van der Waals surface area contributed by atoms with Crippen LogP contribution in [0.3, 0.4) is 0 Å². The number of nitrogens with zero attached hydrogens (tertiary/aromatic N) is 1. The SMILES string of the molecule is C[C@@H]([C@@H]1C=CC=C1P(c1ccccc1)c1ccccc1)N(C)CCO. The van der Waals surface area contributed by atoms with E-state index in [1.54, 1.807) is 0 Å². The zero-order valence-electron chi connectivity index (χ0n) is 14.9. The van der Waals surface area contributed by atoms with Gasteiger partial charge >= 0.3 is 0 Å². The fraction of sp³-hybridized carbons (Fsp3) is 0.273. The van der Waals surface area contributed by atoms with Crippen molar-refractivity contribution in [1.82, 2.24) is 4.90 Å². The molecule has 2 nitrogen and oxygen atoms in total. The minimum atomic E-state index is -0.548. The minimum absolute atomic E-state index is 0.197. The molecule has 1 aliphatic carbocycles. The van der Waals surface area contributed by atoms with Crippen LogP contribution in [0.2, 0.25) is 0 Å². The molecule has 0 radical (unpaired) electrons. The molecule has 0 amide bonds. The topological polar surface area (TPSA) is 23.5 Å². The van der Waals surface area contributed by atoms with Gasteiger partial charge in [-0.25, -0.2) is 0 Å². The van der Waals surface area contributed by atoms with Crippen molar-refractivity contribution in [3.8, 4) is 0 Å². The normalized spacial score (nSPS) is 18.0. The van der Waals surface area contributed by atoms with Gasteiger partial charge in [0.2, 0.25) is 0 Å². The first-order valence-corrected chi connectivity index (χ1v) is 10.2. The lowest BCUT2D eigenvalue weighted by Crippen LogP contribution is -2.37. The van der Waals surface area contributed by atoms with Crippen molar-refractivity contribution in [2.45, 2.75) is 13.0 Å². The van der Waals surface area contributed by atoms with Crippen LogP contribution in [0.15, 0.2) is 84.2 Å². The van der Waals surface area contributed by atoms with Crippen LogP contribution in [0.1, 0.15) is 6.92 Å². The molecule has 2 atom stereocenters. The quantitative estimate of drug-likeness (QED) is 0.772. The van der Waals surface area contributed by atoms with Crippen molar-refractivity contribution < 1.29 is 5.11 Å². The molecule has 0 fully saturated rings. The van der Waals surface area contributed by atoms with E-state index in [2.05, 4.69) is 97.8 Å². The third-order valence-corrected chi connectivity index (χ3v) is 7.47. The van der Waals surface area contributed by atoms with Crippen molar-refractivity contribution >= 4 is 18.5 Å². The summed E-state index contributed by atoms with van der Waals surface area (Å²) in [6, 6.07) is 22.0. The van der Waals surface area contributed by atoms with E-state index in [4.69, 9.17) is 0 Å². The number of rotatable bonds is 7. The number of allylic oxidation sites excluding steroid dienone is 2. The summed E-state index contributed by atoms with van der Waals surface area (Å²) in [6.45, 7) is 3.16. The van der Waals surface area contributed by atoms with Gasteiger partial charge in [0.25, 0.3) is 0 Å². The van der Waals surface area contributed by atoms with Gasteiger partial charge in [0.1, 0.15) is 0 Å². The first-order chi connectivity index (χ1) is 12.2. The summed E-state index contributed by atoms with van der Waals surface area (Å²) >= 11 is 0. The second kappa shape index (κ2) is 8.58. The molecule has 0 aliphatic heterocycles. The molecule has 0 unspecified atom stereocenters. The zero-order valence-corrected chi connectivity index (χ0v) is 15.8. The third kappa shape index (κ3) is 4.10. The number of benzene rings is 2. The van der Waals surface area contributed by atoms with Crippen LogP contribution in [-0.4, -0.2) is 36.2 Å². The maximum absolute atomic E-state index is 9.29. The average molecular weight is 351 g/mol. The summed E-state index contributed by atoms with van der Waals surface area (Å²) < 4.78 is 0. The molecule has 0 heterocycles. The van der Waals surface area contributed by atoms with E-state index in [9.17, 15) is 5.11 Å². The standard InChI is InChI=1S/C22H26NOP/c1-18(23(2)16-17-24)21-14-9-15-22(21)25(19-10-5-3-6-11-19)20-12-7-4-8-13-20/h3-15,18,21,24H,16-17H2,1-2H3/t18-,21-/m0/s1. The first-order valence-electron chi connectivity index (χ1n) is 8.82. The van der Waals surface area contributed by atoms with E-state index in [1.807, 2.05) is 0 Å². The van der Waals surface area contributed by atoms with E-state index in [0.29, 0.717) is 18.5 Å². The van der Waals surface area contributed by atoms with E-state index in [1.165, 1.54) is 15.9 Å². The van der Waals surface area contributed by atoms with Gasteiger partial charge in [-0.1, -0.05) is 78.9 Å². The van der Waals surface area contributed by atoms with Crippen molar-refractivity contribution in [3.63, 3.8) is 0 Å². The predicted molar refractivity (Wildman–Crippen MR) is 109 cm³/mol. The third-order valence-electron chi connectivity index (χ3n) is 4.88. The van der Waals surface area contributed by atoms with E-state index < -0.39 is 7.92 Å². The molecule has 0 aromatic heterocycles. The second-order valence-corrected chi connectivity index (χ2v) is 8.67. The van der Waals surface area contributed by atoms with Gasteiger partial charge in [0, 0.05) is 18.5 Å². The summed E-state index contributed by atoms with van der Waals surface area (Å²) in [7, 11) is 1.55. The molecular formula is C22H26NOP. The van der Waals surface area contributed by atoms with Crippen LogP contribution in [0, 0.1) is 5.92 Å². The molecule has 3 rings (SSSR count). The summed E-state index contributed by atoms with van der Waals surface area (Å²) in [4.78, 5) is 2.25. The summed E-state index contributed by atoms with van der Waals surface area (Å²) in [5.41, 5.74) is 0. The Morgan fingerprint density at radius 1 is 1.00 bits per heavy atom. The van der Waals surface area contributed by atoms with Gasteiger partial charge in [-0.05, 0) is 37.8 Å². The van der Waals surface area contributed by atoms with Crippen molar-refractivity contribution in [1.29, 1.82) is 0 Å². The van der Waals surface area contributed by atoms with Gasteiger partial charge in [0.05, 0.1) is 6.61 Å². The van der Waals surface area contributed by atoms with Crippen molar-refractivity contribution in [2.75, 3.05) is 20.2 Å². The van der Waals surface area contributed by atoms with Crippen LogP contribution in [-0.2, 0) is 0 Å². The highest BCUT2D eigenvalue weighted by molar-refractivity contribution is 7.76. The van der Waals surface area contributed by atoms with Gasteiger partial charge < -0.3 is 10.0 Å². The van der Waals surface area contributed by atoms with E-state index in [-0.39, 0.29) is 6.61 Å². The zero-order chi connectivity index (χ0) is 17.6. The molecule has 0 spiro atoms. The van der Waals surface area contributed by atoms with Gasteiger partial charge in [-0.2, -0.15) is 0 Å². The Bertz CT molecular complexity index is 687. The van der Waals surface area contributed by atoms with Crippen molar-refractivity contribution in [3.05, 3.63) is 84.2 Å². The maximum Gasteiger partial charge on any atom is 0.0558 e.